The minimum Gasteiger partial charge on any atom is -0.326 e. The summed E-state index contributed by atoms with van der Waals surface area (Å²) in [7, 11) is -3.56. The molecular weight excluding hydrogens is 348 g/mol. The number of carbonyl (C=O) groups is 1. The zero-order valence-electron chi connectivity index (χ0n) is 15.1. The highest BCUT2D eigenvalue weighted by molar-refractivity contribution is 7.89. The van der Waals surface area contributed by atoms with Gasteiger partial charge in [-0.3, -0.25) is 4.79 Å². The van der Waals surface area contributed by atoms with Gasteiger partial charge in [0.25, 0.3) is 0 Å². The van der Waals surface area contributed by atoms with E-state index >= 15 is 0 Å². The van der Waals surface area contributed by atoms with Crippen LogP contribution in [-0.4, -0.2) is 31.7 Å². The predicted octanol–water partition coefficient (Wildman–Crippen LogP) is 3.34. The van der Waals surface area contributed by atoms with E-state index in [4.69, 9.17) is 0 Å². The number of carbonyl (C=O) groups excluding carboxylic acids is 1. The van der Waals surface area contributed by atoms with Crippen molar-refractivity contribution in [2.45, 2.75) is 31.6 Å². The summed E-state index contributed by atoms with van der Waals surface area (Å²) in [6.07, 6.45) is 1.37. The first-order valence-corrected chi connectivity index (χ1v) is 10.3. The van der Waals surface area contributed by atoms with Crippen molar-refractivity contribution in [1.29, 1.82) is 0 Å². The minimum atomic E-state index is -3.56. The molecule has 2 aromatic rings. The van der Waals surface area contributed by atoms with Crippen LogP contribution in [0.15, 0.2) is 53.4 Å². The van der Waals surface area contributed by atoms with Gasteiger partial charge >= 0.3 is 0 Å². The summed E-state index contributed by atoms with van der Waals surface area (Å²) in [4.78, 5) is 13.0. The Labute approximate surface area is 155 Å². The summed E-state index contributed by atoms with van der Waals surface area (Å²) in [5.74, 6) is -0.464. The summed E-state index contributed by atoms with van der Waals surface area (Å²) in [5, 5.41) is 2.97. The number of hydrogen-bond acceptors (Lipinski definition) is 3. The van der Waals surface area contributed by atoms with Gasteiger partial charge < -0.3 is 5.32 Å². The van der Waals surface area contributed by atoms with Crippen LogP contribution in [0.2, 0.25) is 0 Å². The van der Waals surface area contributed by atoms with Gasteiger partial charge in [-0.2, -0.15) is 4.31 Å². The zero-order chi connectivity index (χ0) is 18.7. The maximum atomic E-state index is 12.8. The first-order valence-electron chi connectivity index (χ1n) is 8.81. The SMILES string of the molecule is Cc1ccc(C)c(NC(=O)[C@@H]2CCCN(S(=O)(=O)c3ccccc3)C2)c1. The van der Waals surface area contributed by atoms with E-state index in [0.717, 1.165) is 16.8 Å². The Hall–Kier alpha value is -2.18. The third kappa shape index (κ3) is 3.97. The summed E-state index contributed by atoms with van der Waals surface area (Å²) in [5.41, 5.74) is 2.86. The van der Waals surface area contributed by atoms with Crippen molar-refractivity contribution in [3.8, 4) is 0 Å². The molecule has 0 aliphatic carbocycles. The molecular formula is C20H24N2O3S. The molecule has 26 heavy (non-hydrogen) atoms. The summed E-state index contributed by atoms with van der Waals surface area (Å²) < 4.78 is 27.0. The van der Waals surface area contributed by atoms with E-state index in [9.17, 15) is 13.2 Å². The Morgan fingerprint density at radius 3 is 2.58 bits per heavy atom. The molecule has 0 unspecified atom stereocenters. The number of nitrogens with one attached hydrogen (secondary N) is 1. The van der Waals surface area contributed by atoms with E-state index in [-0.39, 0.29) is 23.3 Å². The van der Waals surface area contributed by atoms with Crippen LogP contribution in [0.4, 0.5) is 5.69 Å². The van der Waals surface area contributed by atoms with Crippen LogP contribution in [0.3, 0.4) is 0 Å². The molecule has 1 atom stereocenters. The number of rotatable bonds is 4. The van der Waals surface area contributed by atoms with E-state index in [1.807, 2.05) is 32.0 Å². The van der Waals surface area contributed by atoms with E-state index in [2.05, 4.69) is 5.32 Å². The van der Waals surface area contributed by atoms with Crippen LogP contribution in [0.25, 0.3) is 0 Å². The highest BCUT2D eigenvalue weighted by Crippen LogP contribution is 2.25. The topological polar surface area (TPSA) is 66.5 Å². The second-order valence-electron chi connectivity index (χ2n) is 6.82. The van der Waals surface area contributed by atoms with Gasteiger partial charge in [-0.1, -0.05) is 30.3 Å². The largest absolute Gasteiger partial charge is 0.326 e. The molecule has 1 heterocycles. The number of anilines is 1. The number of hydrogen-bond donors (Lipinski definition) is 1. The first kappa shape index (κ1) is 18.6. The Kier molecular flexibility index (Phi) is 5.44. The predicted molar refractivity (Wildman–Crippen MR) is 102 cm³/mol. The molecule has 1 N–H and O–H groups in total. The molecule has 0 aromatic heterocycles. The summed E-state index contributed by atoms with van der Waals surface area (Å²) in [6, 6.07) is 14.3. The van der Waals surface area contributed by atoms with E-state index < -0.39 is 10.0 Å². The molecule has 6 heteroatoms. The average molecular weight is 372 g/mol. The normalized spacial score (nSPS) is 18.5. The highest BCUT2D eigenvalue weighted by atomic mass is 32.2. The Morgan fingerprint density at radius 2 is 1.85 bits per heavy atom. The lowest BCUT2D eigenvalue weighted by Gasteiger charge is -2.31. The molecule has 0 radical (unpaired) electrons. The monoisotopic (exact) mass is 372 g/mol. The maximum absolute atomic E-state index is 12.8. The Bertz CT molecular complexity index is 895. The van der Waals surface area contributed by atoms with Crippen molar-refractivity contribution in [1.82, 2.24) is 4.31 Å². The molecule has 3 rings (SSSR count). The van der Waals surface area contributed by atoms with Gasteiger partial charge in [-0.25, -0.2) is 8.42 Å². The van der Waals surface area contributed by atoms with Crippen LogP contribution < -0.4 is 5.32 Å². The van der Waals surface area contributed by atoms with E-state index in [0.29, 0.717) is 19.4 Å². The molecule has 0 spiro atoms. The average Bonchev–Trinajstić information content (AvgIpc) is 2.65. The second-order valence-corrected chi connectivity index (χ2v) is 8.76. The third-order valence-electron chi connectivity index (χ3n) is 4.79. The van der Waals surface area contributed by atoms with E-state index in [1.165, 1.54) is 4.31 Å². The molecule has 1 aliphatic rings. The lowest BCUT2D eigenvalue weighted by molar-refractivity contribution is -0.120. The van der Waals surface area contributed by atoms with Crippen LogP contribution in [0.5, 0.6) is 0 Å². The lowest BCUT2D eigenvalue weighted by Crippen LogP contribution is -2.43. The van der Waals surface area contributed by atoms with Crippen molar-refractivity contribution >= 4 is 21.6 Å². The smallest absolute Gasteiger partial charge is 0.243 e. The number of benzene rings is 2. The van der Waals surface area contributed by atoms with Crippen molar-refractivity contribution in [3.63, 3.8) is 0 Å². The van der Waals surface area contributed by atoms with Crippen LogP contribution >= 0.6 is 0 Å². The minimum absolute atomic E-state index is 0.119. The number of piperidine rings is 1. The Morgan fingerprint density at radius 1 is 1.12 bits per heavy atom. The number of aryl methyl sites for hydroxylation is 2. The van der Waals surface area contributed by atoms with Gasteiger partial charge in [0.05, 0.1) is 10.8 Å². The molecule has 0 saturated carbocycles. The first-order chi connectivity index (χ1) is 12.4. The summed E-state index contributed by atoms with van der Waals surface area (Å²) >= 11 is 0. The molecule has 1 amide bonds. The van der Waals surface area contributed by atoms with E-state index in [1.54, 1.807) is 30.3 Å². The molecule has 5 nitrogen and oxygen atoms in total. The maximum Gasteiger partial charge on any atom is 0.243 e. The number of amides is 1. The highest BCUT2D eigenvalue weighted by Gasteiger charge is 2.33. The van der Waals surface area contributed by atoms with Gasteiger partial charge in [0.1, 0.15) is 0 Å². The van der Waals surface area contributed by atoms with Gasteiger partial charge in [0.2, 0.25) is 15.9 Å². The number of nitrogens with zero attached hydrogens (tertiary/aromatic N) is 1. The van der Waals surface area contributed by atoms with Gasteiger partial charge in [-0.15, -0.1) is 0 Å². The second kappa shape index (κ2) is 7.60. The fraction of sp³-hybridized carbons (Fsp3) is 0.350. The van der Waals surface area contributed by atoms with Crippen LogP contribution in [0, 0.1) is 19.8 Å². The van der Waals surface area contributed by atoms with Gasteiger partial charge in [0.15, 0.2) is 0 Å². The zero-order valence-corrected chi connectivity index (χ0v) is 15.9. The Balaban J connectivity index is 1.74. The van der Waals surface area contributed by atoms with Crippen LogP contribution in [-0.2, 0) is 14.8 Å². The van der Waals surface area contributed by atoms with Gasteiger partial charge in [-0.05, 0) is 56.0 Å². The standard InChI is InChI=1S/C20H24N2O3S/c1-15-10-11-16(2)19(13-15)21-20(23)17-7-6-12-22(14-17)26(24,25)18-8-4-3-5-9-18/h3-5,8-11,13,17H,6-7,12,14H2,1-2H3,(H,21,23)/t17-/m1/s1. The van der Waals surface area contributed by atoms with Crippen molar-refractivity contribution < 1.29 is 13.2 Å². The number of sulfonamides is 1. The van der Waals surface area contributed by atoms with Crippen LogP contribution in [0.1, 0.15) is 24.0 Å². The molecule has 138 valence electrons. The molecule has 0 bridgehead atoms. The molecule has 1 saturated heterocycles. The molecule has 2 aromatic carbocycles. The van der Waals surface area contributed by atoms with Crippen molar-refractivity contribution in [2.75, 3.05) is 18.4 Å². The quantitative estimate of drug-likeness (QED) is 0.895. The fourth-order valence-corrected chi connectivity index (χ4v) is 4.77. The fourth-order valence-electron chi connectivity index (χ4n) is 3.22. The third-order valence-corrected chi connectivity index (χ3v) is 6.67. The molecule has 1 fully saturated rings. The van der Waals surface area contributed by atoms with Gasteiger partial charge in [0, 0.05) is 18.8 Å². The molecule has 1 aliphatic heterocycles. The summed E-state index contributed by atoms with van der Waals surface area (Å²) in [6.45, 7) is 4.59. The lowest BCUT2D eigenvalue weighted by atomic mass is 9.98. The van der Waals surface area contributed by atoms with Crippen molar-refractivity contribution in [2.24, 2.45) is 5.92 Å². The van der Waals surface area contributed by atoms with Crippen molar-refractivity contribution in [3.05, 3.63) is 59.7 Å².